The van der Waals surface area contributed by atoms with E-state index in [0.29, 0.717) is 13.2 Å². The molecular weight excluding hydrogens is 388 g/mol. The average Bonchev–Trinajstić information content (AvgIpc) is 2.81. The first-order chi connectivity index (χ1) is 14.7. The topological polar surface area (TPSA) is 88.1 Å². The normalized spacial score (nSPS) is 9.00. The third-order valence-electron chi connectivity index (χ3n) is 3.25. The molecule has 0 unspecified atom stereocenters. The fourth-order valence-corrected chi connectivity index (χ4v) is 1.89. The van der Waals surface area contributed by atoms with E-state index in [-0.39, 0.29) is 13.2 Å². The minimum absolute atomic E-state index is 0.267. The molecule has 0 radical (unpaired) electrons. The summed E-state index contributed by atoms with van der Waals surface area (Å²) in [4.78, 5) is 29.9. The van der Waals surface area contributed by atoms with E-state index in [0.717, 1.165) is 24.0 Å². The monoisotopic (exact) mass is 418 g/mol. The fourth-order valence-electron chi connectivity index (χ4n) is 1.89. The van der Waals surface area contributed by atoms with Gasteiger partial charge in [0, 0.05) is 0 Å². The van der Waals surface area contributed by atoms with Gasteiger partial charge in [0.25, 0.3) is 0 Å². The van der Waals surface area contributed by atoms with Crippen LogP contribution in [0.15, 0.2) is 60.7 Å². The summed E-state index contributed by atoms with van der Waals surface area (Å²) in [7, 11) is 0. The highest BCUT2D eigenvalue weighted by Crippen LogP contribution is 2.02. The first-order valence-electron chi connectivity index (χ1n) is 9.61. The van der Waals surface area contributed by atoms with Gasteiger partial charge in [0.05, 0.1) is 13.2 Å². The number of benzene rings is 2. The van der Waals surface area contributed by atoms with Gasteiger partial charge in [-0.05, 0) is 24.0 Å². The molecule has 0 aromatic heterocycles. The molecule has 30 heavy (non-hydrogen) atoms. The SMILES string of the molecule is C=O.CCCOC(=O)OCc1ccccc1.CCCOC(=O)OCc1ccccc1. The predicted octanol–water partition coefficient (Wildman–Crippen LogP) is 5.31. The molecule has 0 heterocycles. The number of carbonyl (C=O) groups excluding carboxylic acids is 3. The van der Waals surface area contributed by atoms with E-state index < -0.39 is 12.3 Å². The second kappa shape index (κ2) is 19.0. The molecule has 0 saturated carbocycles. The first-order valence-corrected chi connectivity index (χ1v) is 9.61. The fraction of sp³-hybridized carbons (Fsp3) is 0.348. The van der Waals surface area contributed by atoms with E-state index in [9.17, 15) is 9.59 Å². The summed E-state index contributed by atoms with van der Waals surface area (Å²) in [5.41, 5.74) is 1.92. The molecule has 0 N–H and O–H groups in total. The summed E-state index contributed by atoms with van der Waals surface area (Å²) in [6.07, 6.45) is 0.410. The molecule has 0 amide bonds. The summed E-state index contributed by atoms with van der Waals surface area (Å²) >= 11 is 0. The van der Waals surface area contributed by atoms with Crippen molar-refractivity contribution in [2.24, 2.45) is 0 Å². The van der Waals surface area contributed by atoms with E-state index in [1.54, 1.807) is 0 Å². The number of hydrogen-bond acceptors (Lipinski definition) is 7. The Bertz CT molecular complexity index is 615. The number of rotatable bonds is 8. The zero-order valence-corrected chi connectivity index (χ0v) is 17.6. The van der Waals surface area contributed by atoms with Gasteiger partial charge in [-0.2, -0.15) is 0 Å². The van der Waals surface area contributed by atoms with Crippen LogP contribution in [-0.4, -0.2) is 32.3 Å². The Kier molecular flexibility index (Phi) is 16.9. The highest BCUT2D eigenvalue weighted by atomic mass is 16.7. The molecule has 0 atom stereocenters. The smallest absolute Gasteiger partial charge is 0.434 e. The van der Waals surface area contributed by atoms with Gasteiger partial charge in [-0.15, -0.1) is 0 Å². The van der Waals surface area contributed by atoms with Gasteiger partial charge in [-0.1, -0.05) is 74.5 Å². The maximum absolute atomic E-state index is 10.9. The van der Waals surface area contributed by atoms with Crippen LogP contribution in [0.25, 0.3) is 0 Å². The van der Waals surface area contributed by atoms with Crippen LogP contribution in [0.1, 0.15) is 37.8 Å². The number of hydrogen-bond donors (Lipinski definition) is 0. The van der Waals surface area contributed by atoms with Crippen LogP contribution >= 0.6 is 0 Å². The van der Waals surface area contributed by atoms with Gasteiger partial charge in [0.2, 0.25) is 0 Å². The minimum atomic E-state index is -0.601. The lowest BCUT2D eigenvalue weighted by atomic mass is 10.2. The minimum Gasteiger partial charge on any atom is -0.434 e. The highest BCUT2D eigenvalue weighted by molar-refractivity contribution is 5.60. The van der Waals surface area contributed by atoms with Crippen molar-refractivity contribution in [3.05, 3.63) is 71.8 Å². The zero-order chi connectivity index (χ0) is 22.5. The van der Waals surface area contributed by atoms with Crippen LogP contribution in [0.3, 0.4) is 0 Å². The molecule has 164 valence electrons. The summed E-state index contributed by atoms with van der Waals surface area (Å²) in [6, 6.07) is 19.0. The van der Waals surface area contributed by atoms with E-state index in [1.165, 1.54) is 0 Å². The van der Waals surface area contributed by atoms with Crippen LogP contribution in [0.2, 0.25) is 0 Å². The van der Waals surface area contributed by atoms with Crippen LogP contribution in [-0.2, 0) is 37.0 Å². The Balaban J connectivity index is 0.000000518. The third-order valence-corrected chi connectivity index (χ3v) is 3.25. The number of carbonyl (C=O) groups is 3. The molecule has 0 aliphatic heterocycles. The molecule has 2 rings (SSSR count). The maximum atomic E-state index is 10.9. The van der Waals surface area contributed by atoms with Crippen molar-refractivity contribution in [3.8, 4) is 0 Å². The van der Waals surface area contributed by atoms with Crippen molar-refractivity contribution in [1.82, 2.24) is 0 Å². The van der Waals surface area contributed by atoms with Crippen molar-refractivity contribution >= 4 is 19.1 Å². The van der Waals surface area contributed by atoms with E-state index in [2.05, 4.69) is 0 Å². The van der Waals surface area contributed by atoms with Crippen LogP contribution < -0.4 is 0 Å². The lowest BCUT2D eigenvalue weighted by molar-refractivity contribution is -0.0980. The molecule has 0 aliphatic carbocycles. The Labute approximate surface area is 177 Å². The molecule has 2 aromatic carbocycles. The highest BCUT2D eigenvalue weighted by Gasteiger charge is 2.03. The molecular formula is C23H30O7. The van der Waals surface area contributed by atoms with Gasteiger partial charge >= 0.3 is 12.3 Å². The van der Waals surface area contributed by atoms with Crippen molar-refractivity contribution in [2.45, 2.75) is 39.9 Å². The van der Waals surface area contributed by atoms with Gasteiger partial charge in [0.1, 0.15) is 20.0 Å². The Morgan fingerprint density at radius 1 is 0.633 bits per heavy atom. The molecule has 7 heteroatoms. The second-order valence-corrected chi connectivity index (χ2v) is 5.75. The maximum Gasteiger partial charge on any atom is 0.508 e. The van der Waals surface area contributed by atoms with Crippen LogP contribution in [0.4, 0.5) is 9.59 Å². The van der Waals surface area contributed by atoms with Crippen LogP contribution in [0, 0.1) is 0 Å². The van der Waals surface area contributed by atoms with Crippen molar-refractivity contribution in [1.29, 1.82) is 0 Å². The first kappa shape index (κ1) is 26.6. The van der Waals surface area contributed by atoms with E-state index in [4.69, 9.17) is 23.7 Å². The Morgan fingerprint density at radius 2 is 0.967 bits per heavy atom. The molecule has 7 nitrogen and oxygen atoms in total. The third kappa shape index (κ3) is 14.7. The lowest BCUT2D eigenvalue weighted by Gasteiger charge is -2.04. The molecule has 0 spiro atoms. The standard InChI is InChI=1S/2C11H14O3.CH2O/c2*1-2-8-13-11(12)14-9-10-6-4-3-5-7-10;1-2/h2*3-7H,2,8-9H2,1H3;1H2. The predicted molar refractivity (Wildman–Crippen MR) is 113 cm³/mol. The van der Waals surface area contributed by atoms with Crippen molar-refractivity contribution in [2.75, 3.05) is 13.2 Å². The lowest BCUT2D eigenvalue weighted by Crippen LogP contribution is -2.07. The summed E-state index contributed by atoms with van der Waals surface area (Å²) < 4.78 is 19.2. The van der Waals surface area contributed by atoms with Crippen LogP contribution in [0.5, 0.6) is 0 Å². The quantitative estimate of drug-likeness (QED) is 0.536. The zero-order valence-electron chi connectivity index (χ0n) is 17.6. The van der Waals surface area contributed by atoms with E-state index >= 15 is 0 Å². The van der Waals surface area contributed by atoms with Gasteiger partial charge in [-0.3, -0.25) is 0 Å². The Hall–Kier alpha value is -3.35. The van der Waals surface area contributed by atoms with Crippen molar-refractivity contribution in [3.63, 3.8) is 0 Å². The molecule has 0 saturated heterocycles. The van der Waals surface area contributed by atoms with Gasteiger partial charge in [0.15, 0.2) is 0 Å². The summed E-state index contributed by atoms with van der Waals surface area (Å²) in [5.74, 6) is 0. The molecule has 0 aliphatic rings. The number of ether oxygens (including phenoxy) is 4. The summed E-state index contributed by atoms with van der Waals surface area (Å²) in [6.45, 7) is 7.23. The molecule has 0 bridgehead atoms. The molecule has 2 aromatic rings. The van der Waals surface area contributed by atoms with Gasteiger partial charge < -0.3 is 23.7 Å². The van der Waals surface area contributed by atoms with Gasteiger partial charge in [-0.25, -0.2) is 9.59 Å². The average molecular weight is 418 g/mol. The largest absolute Gasteiger partial charge is 0.508 e. The summed E-state index contributed by atoms with van der Waals surface area (Å²) in [5, 5.41) is 0. The Morgan fingerprint density at radius 3 is 1.27 bits per heavy atom. The second-order valence-electron chi connectivity index (χ2n) is 5.75. The van der Waals surface area contributed by atoms with Crippen molar-refractivity contribution < 1.29 is 33.3 Å². The molecule has 0 fully saturated rings. The van der Waals surface area contributed by atoms with E-state index in [1.807, 2.05) is 81.3 Å².